The van der Waals surface area contributed by atoms with Gasteiger partial charge >= 0.3 is 0 Å². The van der Waals surface area contributed by atoms with Crippen molar-refractivity contribution in [1.82, 2.24) is 14.2 Å². The Bertz CT molecular complexity index is 990. The van der Waals surface area contributed by atoms with E-state index in [1.54, 1.807) is 23.5 Å². The Morgan fingerprint density at radius 2 is 1.97 bits per heavy atom. The van der Waals surface area contributed by atoms with Gasteiger partial charge in [0, 0.05) is 56.0 Å². The quantitative estimate of drug-likeness (QED) is 0.677. The lowest BCUT2D eigenvalue weighted by molar-refractivity contribution is -0.00446. The number of aliphatic hydroxyl groups is 1. The average molecular weight is 481 g/mol. The van der Waals surface area contributed by atoms with Gasteiger partial charge in [-0.3, -0.25) is 4.90 Å². The average Bonchev–Trinajstić information content (AvgIpc) is 3.31. The fraction of sp³-hybridized carbons (Fsp3) is 0.591. The molecule has 10 heteroatoms. The number of ether oxygens (including phenoxy) is 1. The first-order valence-electron chi connectivity index (χ1n) is 11.0. The highest BCUT2D eigenvalue weighted by molar-refractivity contribution is 7.91. The van der Waals surface area contributed by atoms with Gasteiger partial charge in [0.05, 0.1) is 24.9 Å². The number of rotatable bonds is 6. The van der Waals surface area contributed by atoms with Gasteiger partial charge in [-0.1, -0.05) is 12.1 Å². The highest BCUT2D eigenvalue weighted by Crippen LogP contribution is 2.28. The zero-order valence-electron chi connectivity index (χ0n) is 18.8. The molecule has 0 amide bonds. The van der Waals surface area contributed by atoms with Crippen LogP contribution in [0.25, 0.3) is 0 Å². The number of sulfonamides is 1. The molecule has 2 aliphatic heterocycles. The lowest BCUT2D eigenvalue weighted by atomic mass is 9.98. The van der Waals surface area contributed by atoms with Gasteiger partial charge in [-0.2, -0.15) is 4.31 Å². The smallest absolute Gasteiger partial charge is 0.270 e. The van der Waals surface area contributed by atoms with Crippen LogP contribution in [0, 0.1) is 0 Å². The maximum absolute atomic E-state index is 13.1. The topological polar surface area (TPSA) is 86.2 Å². The van der Waals surface area contributed by atoms with Crippen LogP contribution in [0.5, 0.6) is 0 Å². The van der Waals surface area contributed by atoms with Crippen molar-refractivity contribution >= 4 is 27.0 Å². The number of morpholine rings is 1. The van der Waals surface area contributed by atoms with Crippen molar-refractivity contribution in [3.63, 3.8) is 0 Å². The number of hydrogen-bond donors (Lipinski definition) is 1. The maximum atomic E-state index is 13.1. The minimum atomic E-state index is -3.60. The molecule has 176 valence electrons. The molecule has 0 unspecified atom stereocenters. The van der Waals surface area contributed by atoms with E-state index < -0.39 is 15.6 Å². The Balaban J connectivity index is 1.59. The van der Waals surface area contributed by atoms with Gasteiger partial charge in [0.25, 0.3) is 10.0 Å². The summed E-state index contributed by atoms with van der Waals surface area (Å²) in [5.41, 5.74) is 0.988. The number of aromatic nitrogens is 1. The van der Waals surface area contributed by atoms with E-state index in [1.807, 2.05) is 24.3 Å². The Kier molecular flexibility index (Phi) is 6.90. The number of thiazole rings is 1. The standard InChI is InChI=1S/C22H32N4O4S2/c1-17-16-30-12-11-24(17)14-20-15-25(32(28,29)21-23-8-13-31-21)9-10-26(20)19-6-4-18(5-7-19)22(2,3)27/h4-8,13,17,20,27H,9-12,14-16H2,1-3H3/t17-,20-/m0/s1. The summed E-state index contributed by atoms with van der Waals surface area (Å²) in [6.07, 6.45) is 1.53. The van der Waals surface area contributed by atoms with E-state index in [2.05, 4.69) is 21.7 Å². The van der Waals surface area contributed by atoms with E-state index in [1.165, 1.54) is 6.20 Å². The highest BCUT2D eigenvalue weighted by atomic mass is 32.2. The molecule has 32 heavy (non-hydrogen) atoms. The van der Waals surface area contributed by atoms with E-state index >= 15 is 0 Å². The van der Waals surface area contributed by atoms with Crippen LogP contribution in [-0.2, 0) is 20.4 Å². The van der Waals surface area contributed by atoms with Crippen molar-refractivity contribution in [2.75, 3.05) is 50.8 Å². The first-order chi connectivity index (χ1) is 15.2. The number of hydrogen-bond acceptors (Lipinski definition) is 8. The maximum Gasteiger partial charge on any atom is 0.270 e. The molecule has 1 N–H and O–H groups in total. The molecule has 0 saturated carbocycles. The molecule has 0 bridgehead atoms. The van der Waals surface area contributed by atoms with Crippen molar-refractivity contribution in [3.8, 4) is 0 Å². The fourth-order valence-electron chi connectivity index (χ4n) is 4.35. The first kappa shape index (κ1) is 23.6. The molecule has 2 aromatic rings. The largest absolute Gasteiger partial charge is 0.386 e. The summed E-state index contributed by atoms with van der Waals surface area (Å²) in [6, 6.07) is 8.22. The Labute approximate surface area is 194 Å². The van der Waals surface area contributed by atoms with E-state index in [9.17, 15) is 13.5 Å². The SMILES string of the molecule is C[C@H]1COCCN1C[C@H]1CN(S(=O)(=O)c2nccs2)CCN1c1ccc(C(C)(C)O)cc1. The molecule has 3 heterocycles. The molecule has 1 aromatic heterocycles. The van der Waals surface area contributed by atoms with E-state index in [4.69, 9.17) is 4.74 Å². The molecular formula is C22H32N4O4S2. The Hall–Kier alpha value is -1.56. The summed E-state index contributed by atoms with van der Waals surface area (Å²) >= 11 is 1.16. The summed E-state index contributed by atoms with van der Waals surface area (Å²) in [4.78, 5) is 8.73. The summed E-state index contributed by atoms with van der Waals surface area (Å²) in [6.45, 7) is 10.1. The van der Waals surface area contributed by atoms with E-state index in [0.29, 0.717) is 32.8 Å². The number of nitrogens with zero attached hydrogens (tertiary/aromatic N) is 4. The minimum Gasteiger partial charge on any atom is -0.386 e. The molecule has 8 nitrogen and oxygen atoms in total. The second-order valence-corrected chi connectivity index (χ2v) is 12.0. The molecule has 4 rings (SSSR count). The predicted octanol–water partition coefficient (Wildman–Crippen LogP) is 1.97. The second-order valence-electron chi connectivity index (χ2n) is 9.03. The second kappa shape index (κ2) is 9.36. The van der Waals surface area contributed by atoms with Crippen LogP contribution in [0.3, 0.4) is 0 Å². The van der Waals surface area contributed by atoms with E-state index in [-0.39, 0.29) is 16.4 Å². The Morgan fingerprint density at radius 3 is 2.59 bits per heavy atom. The Morgan fingerprint density at radius 1 is 1.22 bits per heavy atom. The lowest BCUT2D eigenvalue weighted by Gasteiger charge is -2.45. The van der Waals surface area contributed by atoms with Crippen molar-refractivity contribution in [3.05, 3.63) is 41.4 Å². The predicted molar refractivity (Wildman–Crippen MR) is 126 cm³/mol. The van der Waals surface area contributed by atoms with Crippen LogP contribution < -0.4 is 4.90 Å². The van der Waals surface area contributed by atoms with E-state index in [0.717, 1.165) is 35.7 Å². The first-order valence-corrected chi connectivity index (χ1v) is 13.3. The van der Waals surface area contributed by atoms with Crippen molar-refractivity contribution in [2.45, 2.75) is 42.8 Å². The zero-order chi connectivity index (χ0) is 22.9. The molecular weight excluding hydrogens is 448 g/mol. The summed E-state index contributed by atoms with van der Waals surface area (Å²) in [5.74, 6) is 0. The molecule has 2 atom stereocenters. The molecule has 2 aliphatic rings. The summed E-state index contributed by atoms with van der Waals surface area (Å²) < 4.78 is 33.6. The minimum absolute atomic E-state index is 0.00739. The van der Waals surface area contributed by atoms with Gasteiger partial charge in [-0.15, -0.1) is 11.3 Å². The molecule has 0 aliphatic carbocycles. The molecule has 1 aromatic carbocycles. The number of benzene rings is 1. The van der Waals surface area contributed by atoms with Gasteiger partial charge < -0.3 is 14.7 Å². The van der Waals surface area contributed by atoms with Crippen LogP contribution in [-0.4, -0.2) is 85.7 Å². The fourth-order valence-corrected chi connectivity index (χ4v) is 6.79. The molecule has 0 spiro atoms. The van der Waals surface area contributed by atoms with Crippen LogP contribution in [0.15, 0.2) is 40.2 Å². The lowest BCUT2D eigenvalue weighted by Crippen LogP contribution is -2.60. The third kappa shape index (κ3) is 5.00. The normalized spacial score (nSPS) is 24.1. The van der Waals surface area contributed by atoms with Crippen LogP contribution in [0.4, 0.5) is 5.69 Å². The molecule has 2 saturated heterocycles. The van der Waals surface area contributed by atoms with Gasteiger partial charge in [0.1, 0.15) is 0 Å². The zero-order valence-corrected chi connectivity index (χ0v) is 20.5. The molecule has 2 fully saturated rings. The van der Waals surface area contributed by atoms with Crippen molar-refractivity contribution in [2.24, 2.45) is 0 Å². The van der Waals surface area contributed by atoms with Crippen molar-refractivity contribution < 1.29 is 18.3 Å². The number of anilines is 1. The van der Waals surface area contributed by atoms with Gasteiger partial charge in [0.15, 0.2) is 0 Å². The van der Waals surface area contributed by atoms with Crippen LogP contribution in [0.2, 0.25) is 0 Å². The van der Waals surface area contributed by atoms with Crippen LogP contribution >= 0.6 is 11.3 Å². The van der Waals surface area contributed by atoms with Crippen molar-refractivity contribution in [1.29, 1.82) is 0 Å². The summed E-state index contributed by atoms with van der Waals surface area (Å²) in [7, 11) is -3.60. The van der Waals surface area contributed by atoms with Gasteiger partial charge in [0.2, 0.25) is 4.34 Å². The third-order valence-electron chi connectivity index (χ3n) is 6.27. The third-order valence-corrected chi connectivity index (χ3v) is 9.32. The monoisotopic (exact) mass is 480 g/mol. The molecule has 0 radical (unpaired) electrons. The van der Waals surface area contributed by atoms with Gasteiger partial charge in [-0.25, -0.2) is 13.4 Å². The highest BCUT2D eigenvalue weighted by Gasteiger charge is 2.37. The number of piperazine rings is 1. The summed E-state index contributed by atoms with van der Waals surface area (Å²) in [5, 5.41) is 12.0. The van der Waals surface area contributed by atoms with Gasteiger partial charge in [-0.05, 0) is 38.5 Å². The van der Waals surface area contributed by atoms with Crippen LogP contribution in [0.1, 0.15) is 26.3 Å².